The summed E-state index contributed by atoms with van der Waals surface area (Å²) < 4.78 is 5.35. The van der Waals surface area contributed by atoms with E-state index in [0.29, 0.717) is 0 Å². The molecule has 2 rings (SSSR count). The molecule has 2 heteroatoms. The molecule has 0 aliphatic carbocycles. The highest BCUT2D eigenvalue weighted by Gasteiger charge is 2.10. The maximum absolute atomic E-state index is 5.35. The Bertz CT molecular complexity index is 344. The van der Waals surface area contributed by atoms with E-state index < -0.39 is 0 Å². The maximum atomic E-state index is 5.35. The Morgan fingerprint density at radius 2 is 2.21 bits per heavy atom. The summed E-state index contributed by atoms with van der Waals surface area (Å²) in [5, 5.41) is 3.33. The number of ether oxygens (including phenoxy) is 1. The molecule has 1 aromatic rings. The number of allylic oxidation sites excluding steroid dienone is 1. The Balaban J connectivity index is 2.05. The highest BCUT2D eigenvalue weighted by atomic mass is 16.5. The SMILES string of the molecule is C/C=C/CNc1ccc2c(c1)COC2. The van der Waals surface area contributed by atoms with Gasteiger partial charge in [0, 0.05) is 12.2 Å². The Morgan fingerprint density at radius 1 is 1.36 bits per heavy atom. The van der Waals surface area contributed by atoms with E-state index in [1.165, 1.54) is 16.8 Å². The molecule has 0 bridgehead atoms. The van der Waals surface area contributed by atoms with Gasteiger partial charge in [0.25, 0.3) is 0 Å². The van der Waals surface area contributed by atoms with Gasteiger partial charge in [0.1, 0.15) is 0 Å². The lowest BCUT2D eigenvalue weighted by atomic mass is 10.1. The summed E-state index contributed by atoms with van der Waals surface area (Å²) in [7, 11) is 0. The number of anilines is 1. The third-order valence-electron chi connectivity index (χ3n) is 2.38. The number of benzene rings is 1. The van der Waals surface area contributed by atoms with E-state index in [0.717, 1.165) is 19.8 Å². The average Bonchev–Trinajstić information content (AvgIpc) is 2.65. The van der Waals surface area contributed by atoms with Gasteiger partial charge in [0.2, 0.25) is 0 Å². The summed E-state index contributed by atoms with van der Waals surface area (Å²) in [5.74, 6) is 0. The third-order valence-corrected chi connectivity index (χ3v) is 2.38. The van der Waals surface area contributed by atoms with Crippen LogP contribution in [0.5, 0.6) is 0 Å². The molecule has 2 nitrogen and oxygen atoms in total. The maximum Gasteiger partial charge on any atom is 0.0725 e. The van der Waals surface area contributed by atoms with Crippen LogP contribution < -0.4 is 5.32 Å². The first-order valence-corrected chi connectivity index (χ1v) is 4.94. The van der Waals surface area contributed by atoms with Crippen LogP contribution in [0.1, 0.15) is 18.1 Å². The number of hydrogen-bond donors (Lipinski definition) is 1. The molecule has 0 saturated carbocycles. The van der Waals surface area contributed by atoms with Crippen LogP contribution in [0.4, 0.5) is 5.69 Å². The standard InChI is InChI=1S/C12H15NO/c1-2-3-6-13-12-5-4-10-8-14-9-11(10)7-12/h2-5,7,13H,6,8-9H2,1H3/b3-2+. The van der Waals surface area contributed by atoms with E-state index in [1.807, 2.05) is 13.0 Å². The summed E-state index contributed by atoms with van der Waals surface area (Å²) in [6, 6.07) is 6.42. The first-order valence-electron chi connectivity index (χ1n) is 4.94. The molecule has 0 amide bonds. The van der Waals surface area contributed by atoms with Crippen molar-refractivity contribution in [1.82, 2.24) is 0 Å². The minimum atomic E-state index is 0.758. The van der Waals surface area contributed by atoms with Crippen molar-refractivity contribution in [2.75, 3.05) is 11.9 Å². The minimum absolute atomic E-state index is 0.758. The first-order chi connectivity index (χ1) is 6.90. The Hall–Kier alpha value is -1.28. The zero-order chi connectivity index (χ0) is 9.80. The lowest BCUT2D eigenvalue weighted by molar-refractivity contribution is 0.134. The molecule has 1 heterocycles. The second-order valence-corrected chi connectivity index (χ2v) is 3.43. The molecule has 1 N–H and O–H groups in total. The van der Waals surface area contributed by atoms with Gasteiger partial charge in [-0.2, -0.15) is 0 Å². The van der Waals surface area contributed by atoms with Crippen LogP contribution in [0, 0.1) is 0 Å². The van der Waals surface area contributed by atoms with Crippen molar-refractivity contribution in [3.05, 3.63) is 41.5 Å². The summed E-state index contributed by atoms with van der Waals surface area (Å²) in [4.78, 5) is 0. The largest absolute Gasteiger partial charge is 0.382 e. The molecule has 0 atom stereocenters. The van der Waals surface area contributed by atoms with Gasteiger partial charge in [-0.15, -0.1) is 0 Å². The molecular weight excluding hydrogens is 174 g/mol. The predicted octanol–water partition coefficient (Wildman–Crippen LogP) is 2.70. The van der Waals surface area contributed by atoms with Crippen LogP contribution in [-0.2, 0) is 18.0 Å². The molecule has 1 aromatic carbocycles. The van der Waals surface area contributed by atoms with Gasteiger partial charge in [0.15, 0.2) is 0 Å². The lowest BCUT2D eigenvalue weighted by Gasteiger charge is -2.04. The molecule has 0 spiro atoms. The molecule has 1 aliphatic rings. The van der Waals surface area contributed by atoms with Gasteiger partial charge in [-0.25, -0.2) is 0 Å². The normalized spacial score (nSPS) is 14.6. The molecule has 0 fully saturated rings. The zero-order valence-electron chi connectivity index (χ0n) is 8.42. The number of nitrogens with one attached hydrogen (secondary N) is 1. The van der Waals surface area contributed by atoms with Crippen LogP contribution in [0.2, 0.25) is 0 Å². The molecule has 0 unspecified atom stereocenters. The second-order valence-electron chi connectivity index (χ2n) is 3.43. The van der Waals surface area contributed by atoms with E-state index in [9.17, 15) is 0 Å². The first kappa shape index (κ1) is 9.28. The van der Waals surface area contributed by atoms with Crippen LogP contribution in [0.15, 0.2) is 30.4 Å². The van der Waals surface area contributed by atoms with Crippen molar-refractivity contribution in [2.45, 2.75) is 20.1 Å². The van der Waals surface area contributed by atoms with E-state index >= 15 is 0 Å². The topological polar surface area (TPSA) is 21.3 Å². The quantitative estimate of drug-likeness (QED) is 0.738. The van der Waals surface area contributed by atoms with Crippen molar-refractivity contribution in [2.24, 2.45) is 0 Å². The molecule has 1 aliphatic heterocycles. The molecule has 0 radical (unpaired) electrons. The van der Waals surface area contributed by atoms with E-state index in [4.69, 9.17) is 4.74 Å². The summed E-state index contributed by atoms with van der Waals surface area (Å²) in [6.45, 7) is 4.44. The van der Waals surface area contributed by atoms with Crippen molar-refractivity contribution >= 4 is 5.69 Å². The number of fused-ring (bicyclic) bond motifs is 1. The van der Waals surface area contributed by atoms with Crippen LogP contribution in [0.25, 0.3) is 0 Å². The fourth-order valence-electron chi connectivity index (χ4n) is 1.58. The highest BCUT2D eigenvalue weighted by Crippen LogP contribution is 2.22. The lowest BCUT2D eigenvalue weighted by Crippen LogP contribution is -1.98. The Morgan fingerprint density at radius 3 is 3.07 bits per heavy atom. The Kier molecular flexibility index (Phi) is 2.84. The van der Waals surface area contributed by atoms with Gasteiger partial charge < -0.3 is 10.1 Å². The van der Waals surface area contributed by atoms with Crippen LogP contribution >= 0.6 is 0 Å². The molecule has 14 heavy (non-hydrogen) atoms. The smallest absolute Gasteiger partial charge is 0.0725 e. The summed E-state index contributed by atoms with van der Waals surface area (Å²) in [6.07, 6.45) is 4.15. The van der Waals surface area contributed by atoms with Crippen LogP contribution in [0.3, 0.4) is 0 Å². The van der Waals surface area contributed by atoms with Gasteiger partial charge in [-0.3, -0.25) is 0 Å². The summed E-state index contributed by atoms with van der Waals surface area (Å²) in [5.41, 5.74) is 3.81. The number of hydrogen-bond acceptors (Lipinski definition) is 2. The summed E-state index contributed by atoms with van der Waals surface area (Å²) >= 11 is 0. The molecular formula is C12H15NO. The van der Waals surface area contributed by atoms with Crippen LogP contribution in [-0.4, -0.2) is 6.54 Å². The second kappa shape index (κ2) is 4.29. The predicted molar refractivity (Wildman–Crippen MR) is 58.2 cm³/mol. The van der Waals surface area contributed by atoms with Gasteiger partial charge >= 0.3 is 0 Å². The monoisotopic (exact) mass is 189 g/mol. The zero-order valence-corrected chi connectivity index (χ0v) is 8.42. The van der Waals surface area contributed by atoms with Crippen molar-refractivity contribution in [1.29, 1.82) is 0 Å². The van der Waals surface area contributed by atoms with E-state index in [-0.39, 0.29) is 0 Å². The fraction of sp³-hybridized carbons (Fsp3) is 0.333. The van der Waals surface area contributed by atoms with E-state index in [2.05, 4.69) is 29.6 Å². The third kappa shape index (κ3) is 1.96. The fourth-order valence-corrected chi connectivity index (χ4v) is 1.58. The van der Waals surface area contributed by atoms with Gasteiger partial charge in [-0.05, 0) is 30.2 Å². The molecule has 0 aromatic heterocycles. The van der Waals surface area contributed by atoms with Gasteiger partial charge in [-0.1, -0.05) is 18.2 Å². The minimum Gasteiger partial charge on any atom is -0.382 e. The van der Waals surface area contributed by atoms with E-state index in [1.54, 1.807) is 0 Å². The Labute approximate surface area is 84.6 Å². The van der Waals surface area contributed by atoms with Crippen molar-refractivity contribution in [3.63, 3.8) is 0 Å². The molecule has 74 valence electrons. The van der Waals surface area contributed by atoms with Gasteiger partial charge in [0.05, 0.1) is 13.2 Å². The average molecular weight is 189 g/mol. The van der Waals surface area contributed by atoms with Crippen molar-refractivity contribution < 1.29 is 4.74 Å². The van der Waals surface area contributed by atoms with Crippen molar-refractivity contribution in [3.8, 4) is 0 Å². The highest BCUT2D eigenvalue weighted by molar-refractivity contribution is 5.49. The molecule has 0 saturated heterocycles. The number of rotatable bonds is 3.